The Kier molecular flexibility index (Phi) is 9.31. The lowest BCUT2D eigenvalue weighted by atomic mass is 10.1. The van der Waals surface area contributed by atoms with Gasteiger partial charge in [0.2, 0.25) is 0 Å². The van der Waals surface area contributed by atoms with E-state index in [0.29, 0.717) is 0 Å². The molecule has 0 amide bonds. The highest BCUT2D eigenvalue weighted by molar-refractivity contribution is 6.27. The van der Waals surface area contributed by atoms with E-state index in [1.165, 1.54) is 77.5 Å². The molecular weight excluding hydrogens is 336 g/mol. The smallest absolute Gasteiger partial charge is 0.414 e. The van der Waals surface area contributed by atoms with Crippen molar-refractivity contribution in [2.45, 2.75) is 75.5 Å². The zero-order valence-corrected chi connectivity index (χ0v) is 15.5. The fraction of sp³-hybridized carbons (Fsp3) is 0.889. The topological polar surface area (TPSA) is 123 Å². The lowest BCUT2D eigenvalue weighted by Crippen LogP contribution is -2.40. The highest BCUT2D eigenvalue weighted by atomic mass is 16.4. The summed E-state index contributed by atoms with van der Waals surface area (Å²) in [4.78, 5) is 18.2. The molecule has 4 aliphatic rings. The Bertz CT molecular complexity index is 357. The Labute approximate surface area is 155 Å². The second-order valence-electron chi connectivity index (χ2n) is 7.42. The van der Waals surface area contributed by atoms with Gasteiger partial charge in [-0.1, -0.05) is 0 Å². The summed E-state index contributed by atoms with van der Waals surface area (Å²) in [6.45, 7) is 4.96. The van der Waals surface area contributed by atoms with Crippen LogP contribution in [0.4, 0.5) is 0 Å². The molecule has 0 saturated carbocycles. The molecule has 4 atom stereocenters. The van der Waals surface area contributed by atoms with Crippen molar-refractivity contribution in [3.8, 4) is 0 Å². The maximum atomic E-state index is 9.10. The van der Waals surface area contributed by atoms with Gasteiger partial charge in [0.25, 0.3) is 0 Å². The van der Waals surface area contributed by atoms with Gasteiger partial charge >= 0.3 is 11.9 Å². The van der Waals surface area contributed by atoms with E-state index in [1.54, 1.807) is 0 Å². The maximum absolute atomic E-state index is 9.10. The van der Waals surface area contributed by atoms with Crippen LogP contribution in [0, 0.1) is 0 Å². The average molecular weight is 370 g/mol. The Morgan fingerprint density at radius 3 is 0.885 bits per heavy atom. The Morgan fingerprint density at radius 2 is 0.769 bits per heavy atom. The van der Waals surface area contributed by atoms with Crippen molar-refractivity contribution in [2.75, 3.05) is 26.2 Å². The number of aliphatic carboxylic acids is 2. The molecule has 4 unspecified atom stereocenters. The van der Waals surface area contributed by atoms with Crippen LogP contribution in [-0.4, -0.2) is 72.5 Å². The maximum Gasteiger partial charge on any atom is 0.414 e. The highest BCUT2D eigenvalue weighted by Gasteiger charge is 2.27. The van der Waals surface area contributed by atoms with Gasteiger partial charge in [-0.3, -0.25) is 0 Å². The van der Waals surface area contributed by atoms with Gasteiger partial charge < -0.3 is 31.5 Å². The molecule has 26 heavy (non-hydrogen) atoms. The number of hydrogen-bond acceptors (Lipinski definition) is 6. The van der Waals surface area contributed by atoms with Crippen LogP contribution in [0.1, 0.15) is 51.4 Å². The van der Waals surface area contributed by atoms with Crippen LogP contribution in [-0.2, 0) is 9.59 Å². The van der Waals surface area contributed by atoms with Gasteiger partial charge in [0.05, 0.1) is 0 Å². The van der Waals surface area contributed by atoms with Gasteiger partial charge in [-0.05, 0) is 77.5 Å². The molecule has 0 bridgehead atoms. The van der Waals surface area contributed by atoms with Gasteiger partial charge in [-0.2, -0.15) is 0 Å². The zero-order chi connectivity index (χ0) is 18.8. The summed E-state index contributed by atoms with van der Waals surface area (Å²) in [6.07, 6.45) is 11.1. The van der Waals surface area contributed by atoms with E-state index >= 15 is 0 Å². The lowest BCUT2D eigenvalue weighted by molar-refractivity contribution is -0.159. The van der Waals surface area contributed by atoms with E-state index < -0.39 is 11.9 Å². The van der Waals surface area contributed by atoms with Crippen molar-refractivity contribution in [2.24, 2.45) is 0 Å². The van der Waals surface area contributed by atoms with E-state index in [9.17, 15) is 0 Å². The van der Waals surface area contributed by atoms with E-state index in [0.717, 1.165) is 24.2 Å². The molecule has 8 nitrogen and oxygen atoms in total. The van der Waals surface area contributed by atoms with Crippen molar-refractivity contribution in [1.82, 2.24) is 21.3 Å². The van der Waals surface area contributed by atoms with Gasteiger partial charge in [-0.25, -0.2) is 9.59 Å². The number of carboxylic acids is 2. The van der Waals surface area contributed by atoms with Crippen molar-refractivity contribution in [3.63, 3.8) is 0 Å². The molecule has 150 valence electrons. The molecule has 8 heteroatoms. The third kappa shape index (κ3) is 7.19. The summed E-state index contributed by atoms with van der Waals surface area (Å²) in [5, 5.41) is 28.9. The number of nitrogens with one attached hydrogen (secondary N) is 4. The van der Waals surface area contributed by atoms with Crippen LogP contribution in [0.15, 0.2) is 0 Å². The minimum Gasteiger partial charge on any atom is -0.473 e. The van der Waals surface area contributed by atoms with Gasteiger partial charge in [0, 0.05) is 24.2 Å². The second-order valence-corrected chi connectivity index (χ2v) is 7.42. The fourth-order valence-corrected chi connectivity index (χ4v) is 4.22. The predicted octanol–water partition coefficient (Wildman–Crippen LogP) is 0.136. The quantitative estimate of drug-likeness (QED) is 0.380. The summed E-state index contributed by atoms with van der Waals surface area (Å²) in [5.74, 6) is -3.65. The number of hydrogen-bond donors (Lipinski definition) is 6. The Hall–Kier alpha value is -1.22. The Morgan fingerprint density at radius 1 is 0.538 bits per heavy atom. The van der Waals surface area contributed by atoms with Crippen molar-refractivity contribution in [3.05, 3.63) is 0 Å². The SMILES string of the molecule is C1CNC(C2CCCN2)C1.C1CNC(C2CCCN2)C1.O=C(O)C(=O)O. The zero-order valence-electron chi connectivity index (χ0n) is 15.5. The first-order valence-corrected chi connectivity index (χ1v) is 9.97. The van der Waals surface area contributed by atoms with E-state index in [2.05, 4.69) is 21.3 Å². The van der Waals surface area contributed by atoms with Crippen molar-refractivity contribution in [1.29, 1.82) is 0 Å². The Balaban J connectivity index is 0.000000146. The molecular formula is C18H34N4O4. The third-order valence-electron chi connectivity index (χ3n) is 5.55. The standard InChI is InChI=1S/2C8H16N2.C2H2O4/c2*1-3-7(9-5-1)8-4-2-6-10-8;3-1(4)2(5)6/h2*7-10H,1-6H2;(H,3,4)(H,5,6). The largest absolute Gasteiger partial charge is 0.473 e. The molecule has 0 aromatic carbocycles. The molecule has 4 saturated heterocycles. The number of carboxylic acid groups (broad SMARTS) is 2. The minimum atomic E-state index is -1.82. The summed E-state index contributed by atoms with van der Waals surface area (Å²) in [5.41, 5.74) is 0. The minimum absolute atomic E-state index is 0.794. The summed E-state index contributed by atoms with van der Waals surface area (Å²) in [7, 11) is 0. The van der Waals surface area contributed by atoms with E-state index in [4.69, 9.17) is 19.8 Å². The van der Waals surface area contributed by atoms with Crippen LogP contribution in [0.25, 0.3) is 0 Å². The fourth-order valence-electron chi connectivity index (χ4n) is 4.22. The van der Waals surface area contributed by atoms with Crippen LogP contribution in [0.2, 0.25) is 0 Å². The first kappa shape index (κ1) is 21.1. The molecule has 4 heterocycles. The van der Waals surface area contributed by atoms with Crippen molar-refractivity contribution < 1.29 is 19.8 Å². The van der Waals surface area contributed by atoms with Crippen LogP contribution in [0.5, 0.6) is 0 Å². The molecule has 6 N–H and O–H groups in total. The molecule has 0 radical (unpaired) electrons. The first-order chi connectivity index (χ1) is 12.6. The number of carbonyl (C=O) groups is 2. The molecule has 0 aromatic rings. The molecule has 0 spiro atoms. The average Bonchev–Trinajstić information content (AvgIpc) is 3.46. The molecule has 0 aromatic heterocycles. The second kappa shape index (κ2) is 11.5. The van der Waals surface area contributed by atoms with Gasteiger partial charge in [-0.15, -0.1) is 0 Å². The van der Waals surface area contributed by atoms with E-state index in [1.807, 2.05) is 0 Å². The first-order valence-electron chi connectivity index (χ1n) is 9.97. The normalized spacial score (nSPS) is 33.1. The van der Waals surface area contributed by atoms with Gasteiger partial charge in [0.15, 0.2) is 0 Å². The summed E-state index contributed by atoms with van der Waals surface area (Å²) < 4.78 is 0. The lowest BCUT2D eigenvalue weighted by Gasteiger charge is -2.17. The monoisotopic (exact) mass is 370 g/mol. The molecule has 4 rings (SSSR count). The van der Waals surface area contributed by atoms with Gasteiger partial charge in [0.1, 0.15) is 0 Å². The number of rotatable bonds is 2. The molecule has 0 aliphatic carbocycles. The van der Waals surface area contributed by atoms with Crippen LogP contribution < -0.4 is 21.3 Å². The van der Waals surface area contributed by atoms with E-state index in [-0.39, 0.29) is 0 Å². The van der Waals surface area contributed by atoms with Crippen molar-refractivity contribution >= 4 is 11.9 Å². The third-order valence-corrected chi connectivity index (χ3v) is 5.55. The summed E-state index contributed by atoms with van der Waals surface area (Å²) >= 11 is 0. The highest BCUT2D eigenvalue weighted by Crippen LogP contribution is 2.17. The van der Waals surface area contributed by atoms with Crippen LogP contribution in [0.3, 0.4) is 0 Å². The van der Waals surface area contributed by atoms with Crippen LogP contribution >= 0.6 is 0 Å². The summed E-state index contributed by atoms with van der Waals surface area (Å²) in [6, 6.07) is 3.18. The predicted molar refractivity (Wildman–Crippen MR) is 99.4 cm³/mol. The molecule has 4 fully saturated rings. The molecule has 4 aliphatic heterocycles.